The summed E-state index contributed by atoms with van der Waals surface area (Å²) in [4.78, 5) is 0. The average molecular weight is 322 g/mol. The van der Waals surface area contributed by atoms with Crippen LogP contribution in [-0.2, 0) is 11.3 Å². The topological polar surface area (TPSA) is 18.5 Å². The highest BCUT2D eigenvalue weighted by Gasteiger charge is 2.30. The van der Waals surface area contributed by atoms with Crippen LogP contribution in [0.25, 0.3) is 0 Å². The van der Waals surface area contributed by atoms with Gasteiger partial charge in [-0.3, -0.25) is 0 Å². The zero-order valence-electron chi connectivity index (χ0n) is 12.5. The molecule has 2 aromatic carbocycles. The molecule has 0 atom stereocenters. The first-order valence-corrected chi connectivity index (χ1v) is 7.55. The molecule has 0 heterocycles. The number of benzene rings is 2. The van der Waals surface area contributed by atoms with Crippen molar-refractivity contribution in [3.05, 3.63) is 65.5 Å². The van der Waals surface area contributed by atoms with E-state index in [1.165, 1.54) is 0 Å². The van der Waals surface area contributed by atoms with Crippen molar-refractivity contribution in [2.24, 2.45) is 5.92 Å². The van der Waals surface area contributed by atoms with E-state index in [9.17, 15) is 13.2 Å². The van der Waals surface area contributed by atoms with Gasteiger partial charge in [0.25, 0.3) is 0 Å². The normalized spacial score (nSPS) is 20.1. The summed E-state index contributed by atoms with van der Waals surface area (Å²) in [5.74, 6) is -4.00. The van der Waals surface area contributed by atoms with E-state index < -0.39 is 17.5 Å². The molecule has 23 heavy (non-hydrogen) atoms. The lowest BCUT2D eigenvalue weighted by molar-refractivity contribution is -0.0508. The van der Waals surface area contributed by atoms with E-state index in [4.69, 9.17) is 9.47 Å². The highest BCUT2D eigenvalue weighted by Crippen LogP contribution is 2.32. The molecule has 3 rings (SSSR count). The Hall–Kier alpha value is -2.01. The summed E-state index contributed by atoms with van der Waals surface area (Å²) in [6, 6.07) is 11.9. The first-order valence-electron chi connectivity index (χ1n) is 7.55. The molecule has 0 N–H and O–H groups in total. The monoisotopic (exact) mass is 322 g/mol. The van der Waals surface area contributed by atoms with Gasteiger partial charge in [-0.05, 0) is 36.5 Å². The van der Waals surface area contributed by atoms with Crippen LogP contribution < -0.4 is 4.74 Å². The molecule has 1 saturated carbocycles. The minimum absolute atomic E-state index is 0.165. The molecule has 1 aliphatic carbocycles. The predicted molar refractivity (Wildman–Crippen MR) is 79.6 cm³/mol. The molecule has 0 spiro atoms. The highest BCUT2D eigenvalue weighted by atomic mass is 19.2. The molecule has 0 bridgehead atoms. The number of ether oxygens (including phenoxy) is 2. The van der Waals surface area contributed by atoms with Gasteiger partial charge in [0.2, 0.25) is 5.82 Å². The van der Waals surface area contributed by atoms with Crippen LogP contribution in [0.2, 0.25) is 0 Å². The van der Waals surface area contributed by atoms with Gasteiger partial charge in [0.1, 0.15) is 0 Å². The van der Waals surface area contributed by atoms with E-state index in [1.54, 1.807) is 0 Å². The zero-order chi connectivity index (χ0) is 16.2. The minimum atomic E-state index is -1.50. The van der Waals surface area contributed by atoms with Crippen molar-refractivity contribution in [2.45, 2.75) is 25.6 Å². The van der Waals surface area contributed by atoms with Crippen LogP contribution in [0.15, 0.2) is 42.5 Å². The molecule has 5 heteroatoms. The van der Waals surface area contributed by atoms with Crippen molar-refractivity contribution < 1.29 is 22.6 Å². The Kier molecular flexibility index (Phi) is 4.86. The van der Waals surface area contributed by atoms with Crippen molar-refractivity contribution >= 4 is 0 Å². The summed E-state index contributed by atoms with van der Waals surface area (Å²) in [5, 5.41) is 0. The predicted octanol–water partition coefficient (Wildman–Crippen LogP) is 4.48. The molecule has 2 aromatic rings. The van der Waals surface area contributed by atoms with Gasteiger partial charge in [-0.1, -0.05) is 30.3 Å². The van der Waals surface area contributed by atoms with Gasteiger partial charge in [-0.2, -0.15) is 4.39 Å². The van der Waals surface area contributed by atoms with Gasteiger partial charge in [0.05, 0.1) is 19.3 Å². The summed E-state index contributed by atoms with van der Waals surface area (Å²) in [6.45, 7) is 0.837. The minimum Gasteiger partial charge on any atom is -0.490 e. The third-order valence-corrected chi connectivity index (χ3v) is 4.00. The lowest BCUT2D eigenvalue weighted by Gasteiger charge is -2.34. The number of halogens is 3. The molecular formula is C18H17F3O2. The van der Waals surface area contributed by atoms with Crippen LogP contribution in [0.3, 0.4) is 0 Å². The maximum absolute atomic E-state index is 13.5. The van der Waals surface area contributed by atoms with Crippen LogP contribution in [-0.4, -0.2) is 12.7 Å². The van der Waals surface area contributed by atoms with Gasteiger partial charge in [-0.25, -0.2) is 8.78 Å². The first kappa shape index (κ1) is 15.9. The number of hydrogen-bond donors (Lipinski definition) is 0. The lowest BCUT2D eigenvalue weighted by Crippen LogP contribution is -2.34. The van der Waals surface area contributed by atoms with Crippen LogP contribution in [0.5, 0.6) is 5.75 Å². The SMILES string of the molecule is Fc1ccc(OC[C@H]2C[C@H](OCc3ccccc3)C2)c(F)c1F. The smallest absolute Gasteiger partial charge is 0.203 e. The molecule has 122 valence electrons. The quantitative estimate of drug-likeness (QED) is 0.730. The Morgan fingerprint density at radius 1 is 0.913 bits per heavy atom. The van der Waals surface area contributed by atoms with Gasteiger partial charge in [-0.15, -0.1) is 0 Å². The largest absolute Gasteiger partial charge is 0.490 e. The van der Waals surface area contributed by atoms with E-state index in [2.05, 4.69) is 0 Å². The summed E-state index contributed by atoms with van der Waals surface area (Å²) in [7, 11) is 0. The maximum atomic E-state index is 13.5. The Morgan fingerprint density at radius 3 is 2.39 bits per heavy atom. The van der Waals surface area contributed by atoms with Crippen molar-refractivity contribution in [3.63, 3.8) is 0 Å². The zero-order valence-corrected chi connectivity index (χ0v) is 12.5. The Morgan fingerprint density at radius 2 is 1.65 bits per heavy atom. The second-order valence-corrected chi connectivity index (χ2v) is 5.74. The number of rotatable bonds is 6. The molecule has 1 aliphatic rings. The third kappa shape index (κ3) is 3.85. The van der Waals surface area contributed by atoms with Crippen LogP contribution >= 0.6 is 0 Å². The molecular weight excluding hydrogens is 305 g/mol. The fourth-order valence-corrected chi connectivity index (χ4v) is 2.56. The fourth-order valence-electron chi connectivity index (χ4n) is 2.56. The van der Waals surface area contributed by atoms with Gasteiger partial charge >= 0.3 is 0 Å². The van der Waals surface area contributed by atoms with Crippen molar-refractivity contribution in [1.82, 2.24) is 0 Å². The molecule has 0 aromatic heterocycles. The average Bonchev–Trinajstić information content (AvgIpc) is 2.53. The third-order valence-electron chi connectivity index (χ3n) is 4.00. The van der Waals surface area contributed by atoms with E-state index in [0.29, 0.717) is 6.61 Å². The molecule has 0 aliphatic heterocycles. The van der Waals surface area contributed by atoms with Crippen molar-refractivity contribution in [3.8, 4) is 5.75 Å². The molecule has 0 unspecified atom stereocenters. The Labute approximate surface area is 132 Å². The summed E-state index contributed by atoms with van der Waals surface area (Å²) < 4.78 is 50.4. The van der Waals surface area contributed by atoms with Crippen LogP contribution in [0.4, 0.5) is 13.2 Å². The standard InChI is InChI=1S/C18H17F3O2/c19-15-6-7-16(18(21)17(15)20)23-11-13-8-14(9-13)22-10-12-4-2-1-3-5-12/h1-7,13-14H,8-11H2/t13-,14-. The Balaban J connectivity index is 1.40. The second-order valence-electron chi connectivity index (χ2n) is 5.74. The van der Waals surface area contributed by atoms with E-state index in [-0.39, 0.29) is 24.4 Å². The van der Waals surface area contributed by atoms with E-state index in [1.807, 2.05) is 30.3 Å². The fraction of sp³-hybridized carbons (Fsp3) is 0.333. The van der Waals surface area contributed by atoms with Gasteiger partial charge in [0.15, 0.2) is 17.4 Å². The van der Waals surface area contributed by atoms with Gasteiger partial charge in [0, 0.05) is 0 Å². The highest BCUT2D eigenvalue weighted by molar-refractivity contribution is 5.26. The second kappa shape index (κ2) is 7.04. The van der Waals surface area contributed by atoms with Gasteiger partial charge < -0.3 is 9.47 Å². The molecule has 2 nitrogen and oxygen atoms in total. The van der Waals surface area contributed by atoms with Crippen molar-refractivity contribution in [2.75, 3.05) is 6.61 Å². The van der Waals surface area contributed by atoms with Crippen molar-refractivity contribution in [1.29, 1.82) is 0 Å². The Bertz CT molecular complexity index is 655. The lowest BCUT2D eigenvalue weighted by atomic mass is 9.83. The van der Waals surface area contributed by atoms with Crippen LogP contribution in [0, 0.1) is 23.4 Å². The van der Waals surface area contributed by atoms with E-state index in [0.717, 1.165) is 30.5 Å². The number of hydrogen-bond acceptors (Lipinski definition) is 2. The molecule has 0 amide bonds. The first-order chi connectivity index (χ1) is 11.1. The molecule has 0 saturated heterocycles. The maximum Gasteiger partial charge on any atom is 0.203 e. The summed E-state index contributed by atoms with van der Waals surface area (Å²) in [6.07, 6.45) is 1.80. The molecule has 0 radical (unpaired) electrons. The molecule has 1 fully saturated rings. The van der Waals surface area contributed by atoms with Crippen LogP contribution in [0.1, 0.15) is 18.4 Å². The summed E-state index contributed by atoms with van der Waals surface area (Å²) in [5.41, 5.74) is 1.12. The summed E-state index contributed by atoms with van der Waals surface area (Å²) >= 11 is 0. The van der Waals surface area contributed by atoms with E-state index >= 15 is 0 Å².